The van der Waals surface area contributed by atoms with E-state index in [1.807, 2.05) is 32.9 Å². The Morgan fingerprint density at radius 3 is 2.38 bits per heavy atom. The predicted molar refractivity (Wildman–Crippen MR) is 67.6 cm³/mol. The topological polar surface area (TPSA) is 47.3 Å². The van der Waals surface area contributed by atoms with Crippen LogP contribution in [0.1, 0.15) is 26.3 Å². The molecule has 16 heavy (non-hydrogen) atoms. The fraction of sp³-hybridized carbons (Fsp3) is 0.538. The highest BCUT2D eigenvalue weighted by Crippen LogP contribution is 2.11. The maximum absolute atomic E-state index is 5.88. The molecule has 3 nitrogen and oxygen atoms in total. The van der Waals surface area contributed by atoms with E-state index < -0.39 is 0 Å². The maximum Gasteiger partial charge on any atom is 0.119 e. The Morgan fingerprint density at radius 1 is 1.25 bits per heavy atom. The van der Waals surface area contributed by atoms with Gasteiger partial charge >= 0.3 is 0 Å². The molecule has 0 amide bonds. The van der Waals surface area contributed by atoms with Crippen LogP contribution in [0.25, 0.3) is 0 Å². The summed E-state index contributed by atoms with van der Waals surface area (Å²) in [7, 11) is 0. The highest BCUT2D eigenvalue weighted by Gasteiger charge is 2.08. The number of hydrogen-bond acceptors (Lipinski definition) is 3. The summed E-state index contributed by atoms with van der Waals surface area (Å²) in [6, 6.07) is 8.13. The molecule has 0 aromatic heterocycles. The second-order valence-electron chi connectivity index (χ2n) is 4.67. The van der Waals surface area contributed by atoms with Crippen LogP contribution in [-0.2, 0) is 6.54 Å². The second-order valence-corrected chi connectivity index (χ2v) is 4.67. The van der Waals surface area contributed by atoms with Gasteiger partial charge in [0.15, 0.2) is 0 Å². The molecule has 0 aliphatic heterocycles. The van der Waals surface area contributed by atoms with E-state index in [9.17, 15) is 0 Å². The molecular formula is C13H22N2O. The van der Waals surface area contributed by atoms with Gasteiger partial charge in [0, 0.05) is 18.6 Å². The minimum atomic E-state index is -0.161. The molecule has 0 aliphatic carbocycles. The Balaban J connectivity index is 2.37. The molecule has 3 heteroatoms. The monoisotopic (exact) mass is 222 g/mol. The molecule has 0 saturated heterocycles. The predicted octanol–water partition coefficient (Wildman–Crippen LogP) is 1.91. The summed E-state index contributed by atoms with van der Waals surface area (Å²) in [5.74, 6) is 0.922. The quantitative estimate of drug-likeness (QED) is 0.773. The van der Waals surface area contributed by atoms with Gasteiger partial charge < -0.3 is 15.8 Å². The number of hydrogen-bond donors (Lipinski definition) is 2. The molecule has 3 N–H and O–H groups in total. The van der Waals surface area contributed by atoms with Gasteiger partial charge in [0.05, 0.1) is 6.61 Å². The van der Waals surface area contributed by atoms with Crippen LogP contribution in [0.2, 0.25) is 0 Å². The van der Waals surface area contributed by atoms with Crippen molar-refractivity contribution in [1.82, 2.24) is 5.32 Å². The first-order valence-corrected chi connectivity index (χ1v) is 5.72. The lowest BCUT2D eigenvalue weighted by atomic mass is 10.1. The van der Waals surface area contributed by atoms with Crippen molar-refractivity contribution in [3.8, 4) is 5.75 Å². The number of rotatable bonds is 6. The van der Waals surface area contributed by atoms with E-state index in [0.717, 1.165) is 18.8 Å². The highest BCUT2D eigenvalue weighted by atomic mass is 16.5. The fourth-order valence-electron chi connectivity index (χ4n) is 1.40. The summed E-state index contributed by atoms with van der Waals surface area (Å²) < 4.78 is 5.38. The summed E-state index contributed by atoms with van der Waals surface area (Å²) >= 11 is 0. The van der Waals surface area contributed by atoms with Gasteiger partial charge in [-0.1, -0.05) is 12.1 Å². The lowest BCUT2D eigenvalue weighted by Gasteiger charge is -2.19. The molecule has 0 heterocycles. The first-order valence-electron chi connectivity index (χ1n) is 5.72. The molecule has 0 unspecified atom stereocenters. The van der Waals surface area contributed by atoms with Gasteiger partial charge in [-0.2, -0.15) is 0 Å². The third-order valence-electron chi connectivity index (χ3n) is 2.14. The van der Waals surface area contributed by atoms with Crippen LogP contribution in [-0.4, -0.2) is 18.7 Å². The van der Waals surface area contributed by atoms with Gasteiger partial charge in [-0.25, -0.2) is 0 Å². The molecule has 0 atom stereocenters. The summed E-state index contributed by atoms with van der Waals surface area (Å²) in [5.41, 5.74) is 6.96. The Hall–Kier alpha value is -1.06. The largest absolute Gasteiger partial charge is 0.494 e. The summed E-state index contributed by atoms with van der Waals surface area (Å²) in [5, 5.41) is 3.33. The van der Waals surface area contributed by atoms with Gasteiger partial charge in [-0.05, 0) is 38.5 Å². The normalized spacial score (nSPS) is 11.5. The standard InChI is InChI=1S/C13H22N2O/c1-4-16-12-7-5-11(6-8-12)9-15-10-13(2,3)14/h5-8,15H,4,9-10,14H2,1-3H3. The SMILES string of the molecule is CCOc1ccc(CNCC(C)(C)N)cc1. The Kier molecular flexibility index (Phi) is 4.77. The Bertz CT molecular complexity index is 301. The number of benzene rings is 1. The summed E-state index contributed by atoms with van der Waals surface area (Å²) in [6.07, 6.45) is 0. The zero-order chi connectivity index (χ0) is 12.0. The first kappa shape index (κ1) is 13.0. The zero-order valence-electron chi connectivity index (χ0n) is 10.4. The number of nitrogens with one attached hydrogen (secondary N) is 1. The smallest absolute Gasteiger partial charge is 0.119 e. The van der Waals surface area contributed by atoms with Crippen LogP contribution >= 0.6 is 0 Å². The van der Waals surface area contributed by atoms with E-state index in [2.05, 4.69) is 17.4 Å². The first-order chi connectivity index (χ1) is 7.51. The second kappa shape index (κ2) is 5.87. The number of nitrogens with two attached hydrogens (primary N) is 1. The van der Waals surface area contributed by atoms with Gasteiger partial charge in [0.1, 0.15) is 5.75 Å². The lowest BCUT2D eigenvalue weighted by Crippen LogP contribution is -2.42. The van der Waals surface area contributed by atoms with Crippen LogP contribution in [0.3, 0.4) is 0 Å². The molecule has 0 fully saturated rings. The van der Waals surface area contributed by atoms with Crippen molar-refractivity contribution in [2.45, 2.75) is 32.9 Å². The van der Waals surface area contributed by atoms with Gasteiger partial charge in [-0.3, -0.25) is 0 Å². The van der Waals surface area contributed by atoms with Crippen molar-refractivity contribution >= 4 is 0 Å². The van der Waals surface area contributed by atoms with Crippen LogP contribution in [0.5, 0.6) is 5.75 Å². The van der Waals surface area contributed by atoms with Crippen LogP contribution in [0.15, 0.2) is 24.3 Å². The number of ether oxygens (including phenoxy) is 1. The average molecular weight is 222 g/mol. The molecule has 1 aromatic carbocycles. The van der Waals surface area contributed by atoms with Crippen molar-refractivity contribution in [1.29, 1.82) is 0 Å². The van der Waals surface area contributed by atoms with Crippen molar-refractivity contribution in [2.24, 2.45) is 5.73 Å². The Morgan fingerprint density at radius 2 is 1.88 bits per heavy atom. The molecule has 0 aliphatic rings. The van der Waals surface area contributed by atoms with Crippen molar-refractivity contribution in [3.63, 3.8) is 0 Å². The summed E-state index contributed by atoms with van der Waals surface area (Å²) in [4.78, 5) is 0. The van der Waals surface area contributed by atoms with E-state index in [1.165, 1.54) is 5.56 Å². The molecule has 0 radical (unpaired) electrons. The third-order valence-corrected chi connectivity index (χ3v) is 2.14. The van der Waals surface area contributed by atoms with Crippen LogP contribution < -0.4 is 15.8 Å². The van der Waals surface area contributed by atoms with E-state index in [0.29, 0.717) is 6.61 Å². The zero-order valence-corrected chi connectivity index (χ0v) is 10.4. The molecule has 90 valence electrons. The molecule has 1 aromatic rings. The van der Waals surface area contributed by atoms with E-state index in [4.69, 9.17) is 10.5 Å². The minimum Gasteiger partial charge on any atom is -0.494 e. The molecule has 0 spiro atoms. The van der Waals surface area contributed by atoms with Crippen molar-refractivity contribution < 1.29 is 4.74 Å². The Labute approximate surface area is 98.0 Å². The molecular weight excluding hydrogens is 200 g/mol. The lowest BCUT2D eigenvalue weighted by molar-refractivity contribution is 0.340. The van der Waals surface area contributed by atoms with E-state index >= 15 is 0 Å². The van der Waals surface area contributed by atoms with Crippen molar-refractivity contribution in [3.05, 3.63) is 29.8 Å². The van der Waals surface area contributed by atoms with Crippen LogP contribution in [0, 0.1) is 0 Å². The molecule has 1 rings (SSSR count). The van der Waals surface area contributed by atoms with E-state index in [1.54, 1.807) is 0 Å². The van der Waals surface area contributed by atoms with Gasteiger partial charge in [-0.15, -0.1) is 0 Å². The van der Waals surface area contributed by atoms with Gasteiger partial charge in [0.2, 0.25) is 0 Å². The fourth-order valence-corrected chi connectivity index (χ4v) is 1.40. The minimum absolute atomic E-state index is 0.161. The third kappa shape index (κ3) is 5.14. The van der Waals surface area contributed by atoms with Crippen molar-refractivity contribution in [2.75, 3.05) is 13.2 Å². The molecule has 0 bridgehead atoms. The van der Waals surface area contributed by atoms with E-state index in [-0.39, 0.29) is 5.54 Å². The average Bonchev–Trinajstić information content (AvgIpc) is 2.19. The van der Waals surface area contributed by atoms with Gasteiger partial charge in [0.25, 0.3) is 0 Å². The maximum atomic E-state index is 5.88. The van der Waals surface area contributed by atoms with Crippen LogP contribution in [0.4, 0.5) is 0 Å². The highest BCUT2D eigenvalue weighted by molar-refractivity contribution is 5.27. The molecule has 0 saturated carbocycles. The summed E-state index contributed by atoms with van der Waals surface area (Å²) in [6.45, 7) is 8.36.